The molecular weight excluding hydrogens is 316 g/mol. The average molecular weight is 332 g/mol. The highest BCUT2D eigenvalue weighted by molar-refractivity contribution is 9.10. The number of benzene rings is 1. The summed E-state index contributed by atoms with van der Waals surface area (Å²) in [6.45, 7) is 0.973. The molecule has 2 aromatic rings. The molecular formula is C13H16BrClN2O. The van der Waals surface area contributed by atoms with Gasteiger partial charge in [-0.3, -0.25) is 0 Å². The van der Waals surface area contributed by atoms with Crippen molar-refractivity contribution in [3.8, 4) is 5.75 Å². The van der Waals surface area contributed by atoms with E-state index in [2.05, 4.69) is 39.9 Å². The lowest BCUT2D eigenvalue weighted by Crippen LogP contribution is -2.15. The minimum absolute atomic E-state index is 0.711. The molecule has 18 heavy (non-hydrogen) atoms. The molecule has 5 heteroatoms. The third-order valence-corrected chi connectivity index (χ3v) is 3.94. The number of H-pyrrole nitrogens is 1. The smallest absolute Gasteiger partial charge is 0.128 e. The molecule has 98 valence electrons. The highest BCUT2D eigenvalue weighted by Crippen LogP contribution is 2.37. The Balaban J connectivity index is 2.57. The molecule has 1 heterocycles. The first-order valence-corrected chi connectivity index (χ1v) is 6.89. The fourth-order valence-electron chi connectivity index (χ4n) is 2.02. The number of fused-ring (bicyclic) bond motifs is 1. The second kappa shape index (κ2) is 5.51. The predicted octanol–water partition coefficient (Wildman–Crippen LogP) is 3.70. The normalized spacial score (nSPS) is 11.4. The molecule has 0 saturated carbocycles. The van der Waals surface area contributed by atoms with Gasteiger partial charge in [0, 0.05) is 11.9 Å². The molecule has 0 aliphatic heterocycles. The monoisotopic (exact) mass is 330 g/mol. The minimum Gasteiger partial charge on any atom is -0.496 e. The van der Waals surface area contributed by atoms with Gasteiger partial charge in [0.1, 0.15) is 5.75 Å². The van der Waals surface area contributed by atoms with Crippen molar-refractivity contribution in [3.05, 3.63) is 27.3 Å². The molecule has 0 fully saturated rings. The van der Waals surface area contributed by atoms with E-state index in [0.29, 0.717) is 5.02 Å². The van der Waals surface area contributed by atoms with Crippen LogP contribution < -0.4 is 4.74 Å². The van der Waals surface area contributed by atoms with Crippen LogP contribution in [0, 0.1) is 0 Å². The Bertz CT molecular complexity index is 566. The van der Waals surface area contributed by atoms with Crippen LogP contribution in [0.4, 0.5) is 0 Å². The minimum atomic E-state index is 0.711. The van der Waals surface area contributed by atoms with Crippen molar-refractivity contribution in [1.82, 2.24) is 9.88 Å². The van der Waals surface area contributed by atoms with E-state index < -0.39 is 0 Å². The van der Waals surface area contributed by atoms with Gasteiger partial charge in [-0.05, 0) is 54.1 Å². The second-order valence-electron chi connectivity index (χ2n) is 4.47. The summed E-state index contributed by atoms with van der Waals surface area (Å²) in [5, 5.41) is 1.78. The molecule has 0 aliphatic rings. The van der Waals surface area contributed by atoms with Gasteiger partial charge in [0.05, 0.1) is 22.3 Å². The third kappa shape index (κ3) is 2.51. The lowest BCUT2D eigenvalue weighted by molar-refractivity contribution is 0.411. The van der Waals surface area contributed by atoms with Crippen LogP contribution >= 0.6 is 27.5 Å². The standard InChI is InChI=1S/C13H16BrClN2O/c1-17(2)7-6-8-11-10(18-3)5-4-9(15)12(11)16-13(8)14/h4-5,16H,6-7H2,1-3H3. The Hall–Kier alpha value is -0.710. The first kappa shape index (κ1) is 13.7. The van der Waals surface area contributed by atoms with Gasteiger partial charge < -0.3 is 14.6 Å². The van der Waals surface area contributed by atoms with Gasteiger partial charge in [-0.25, -0.2) is 0 Å². The van der Waals surface area contributed by atoms with Crippen molar-refractivity contribution in [2.75, 3.05) is 27.7 Å². The van der Waals surface area contributed by atoms with Gasteiger partial charge in [-0.1, -0.05) is 11.6 Å². The van der Waals surface area contributed by atoms with Gasteiger partial charge >= 0.3 is 0 Å². The summed E-state index contributed by atoms with van der Waals surface area (Å²) in [4.78, 5) is 5.44. The highest BCUT2D eigenvalue weighted by atomic mass is 79.9. The Labute approximate surface area is 120 Å². The summed E-state index contributed by atoms with van der Waals surface area (Å²) in [7, 11) is 5.80. The van der Waals surface area contributed by atoms with Crippen LogP contribution in [0.15, 0.2) is 16.7 Å². The van der Waals surface area contributed by atoms with Crippen LogP contribution in [-0.4, -0.2) is 37.6 Å². The molecule has 2 rings (SSSR count). The van der Waals surface area contributed by atoms with Gasteiger partial charge in [0.15, 0.2) is 0 Å². The summed E-state index contributed by atoms with van der Waals surface area (Å²) in [6, 6.07) is 3.76. The number of nitrogens with zero attached hydrogens (tertiary/aromatic N) is 1. The molecule has 0 spiro atoms. The van der Waals surface area contributed by atoms with Crippen LogP contribution in [-0.2, 0) is 6.42 Å². The summed E-state index contributed by atoms with van der Waals surface area (Å²) in [5.74, 6) is 0.852. The lowest BCUT2D eigenvalue weighted by Gasteiger charge is -2.10. The molecule has 1 aromatic carbocycles. The predicted molar refractivity (Wildman–Crippen MR) is 79.8 cm³/mol. The number of nitrogens with one attached hydrogen (secondary N) is 1. The van der Waals surface area contributed by atoms with Gasteiger partial charge in [0.25, 0.3) is 0 Å². The summed E-state index contributed by atoms with van der Waals surface area (Å²) < 4.78 is 6.41. The molecule has 1 aromatic heterocycles. The maximum absolute atomic E-state index is 6.22. The van der Waals surface area contributed by atoms with E-state index in [1.165, 1.54) is 5.56 Å². The van der Waals surface area contributed by atoms with Gasteiger partial charge in [0.2, 0.25) is 0 Å². The Kier molecular flexibility index (Phi) is 4.20. The number of hydrogen-bond donors (Lipinski definition) is 1. The van der Waals surface area contributed by atoms with Crippen LogP contribution in [0.5, 0.6) is 5.75 Å². The lowest BCUT2D eigenvalue weighted by atomic mass is 10.1. The Morgan fingerprint density at radius 3 is 2.72 bits per heavy atom. The zero-order chi connectivity index (χ0) is 13.3. The van der Waals surface area contributed by atoms with Crippen molar-refractivity contribution in [1.29, 1.82) is 0 Å². The summed E-state index contributed by atoms with van der Waals surface area (Å²) >= 11 is 9.78. The van der Waals surface area contributed by atoms with Crippen LogP contribution in [0.3, 0.4) is 0 Å². The van der Waals surface area contributed by atoms with Gasteiger partial charge in [-0.2, -0.15) is 0 Å². The fraction of sp³-hybridized carbons (Fsp3) is 0.385. The van der Waals surface area contributed by atoms with Crippen LogP contribution in [0.25, 0.3) is 10.9 Å². The molecule has 1 N–H and O–H groups in total. The number of halogens is 2. The molecule has 0 radical (unpaired) electrons. The topological polar surface area (TPSA) is 28.3 Å². The molecule has 0 saturated heterocycles. The van der Waals surface area contributed by atoms with E-state index in [1.54, 1.807) is 7.11 Å². The van der Waals surface area contributed by atoms with Crippen molar-refractivity contribution < 1.29 is 4.74 Å². The van der Waals surface area contributed by atoms with Crippen molar-refractivity contribution in [3.63, 3.8) is 0 Å². The zero-order valence-electron chi connectivity index (χ0n) is 10.7. The van der Waals surface area contributed by atoms with E-state index in [0.717, 1.165) is 34.2 Å². The number of hydrogen-bond acceptors (Lipinski definition) is 2. The van der Waals surface area contributed by atoms with Gasteiger partial charge in [-0.15, -0.1) is 0 Å². The maximum atomic E-state index is 6.22. The quantitative estimate of drug-likeness (QED) is 0.925. The molecule has 0 atom stereocenters. The van der Waals surface area contributed by atoms with E-state index in [1.807, 2.05) is 12.1 Å². The second-order valence-corrected chi connectivity index (χ2v) is 5.67. The number of rotatable bonds is 4. The molecule has 0 aliphatic carbocycles. The number of likely N-dealkylation sites (N-methyl/N-ethyl adjacent to an activating group) is 1. The van der Waals surface area contributed by atoms with Crippen molar-refractivity contribution in [2.24, 2.45) is 0 Å². The maximum Gasteiger partial charge on any atom is 0.128 e. The number of aromatic amines is 1. The summed E-state index contributed by atoms with van der Waals surface area (Å²) in [5.41, 5.74) is 2.13. The highest BCUT2D eigenvalue weighted by Gasteiger charge is 2.16. The molecule has 0 bridgehead atoms. The largest absolute Gasteiger partial charge is 0.496 e. The van der Waals surface area contributed by atoms with Crippen molar-refractivity contribution in [2.45, 2.75) is 6.42 Å². The Morgan fingerprint density at radius 2 is 2.11 bits per heavy atom. The molecule has 0 unspecified atom stereocenters. The molecule has 3 nitrogen and oxygen atoms in total. The molecule has 0 amide bonds. The third-order valence-electron chi connectivity index (χ3n) is 2.95. The number of methoxy groups -OCH3 is 1. The van der Waals surface area contributed by atoms with E-state index in [4.69, 9.17) is 16.3 Å². The zero-order valence-corrected chi connectivity index (χ0v) is 13.0. The Morgan fingerprint density at radius 1 is 1.39 bits per heavy atom. The first-order valence-electron chi connectivity index (χ1n) is 5.72. The average Bonchev–Trinajstić information content (AvgIpc) is 2.65. The van der Waals surface area contributed by atoms with Crippen LogP contribution in [0.2, 0.25) is 5.02 Å². The first-order chi connectivity index (χ1) is 8.54. The van der Waals surface area contributed by atoms with Crippen LogP contribution in [0.1, 0.15) is 5.56 Å². The SMILES string of the molecule is COc1ccc(Cl)c2[nH]c(Br)c(CCN(C)C)c12. The van der Waals surface area contributed by atoms with E-state index in [-0.39, 0.29) is 0 Å². The summed E-state index contributed by atoms with van der Waals surface area (Å²) in [6.07, 6.45) is 0.935. The number of aromatic nitrogens is 1. The number of ether oxygens (including phenoxy) is 1. The van der Waals surface area contributed by atoms with E-state index >= 15 is 0 Å². The fourth-order valence-corrected chi connectivity index (χ4v) is 2.81. The van der Waals surface area contributed by atoms with E-state index in [9.17, 15) is 0 Å². The van der Waals surface area contributed by atoms with Crippen molar-refractivity contribution >= 4 is 38.4 Å².